The first kappa shape index (κ1) is 17.6. The maximum Gasteiger partial charge on any atom is 0.424 e. The number of halogens is 1. The molecule has 0 radical (unpaired) electrons. The first-order valence-electron chi connectivity index (χ1n) is 5.05. The molecule has 0 aliphatic heterocycles. The zero-order chi connectivity index (χ0) is 13.5. The van der Waals surface area contributed by atoms with Crippen LogP contribution in [-0.2, 0) is 27.4 Å². The highest BCUT2D eigenvalue weighted by atomic mass is 35.7. The molecule has 9 heteroatoms. The van der Waals surface area contributed by atoms with E-state index in [0.29, 0.717) is 0 Å². The molecule has 6 nitrogen and oxygen atoms in total. The number of rotatable bonds is 9. The molecule has 0 aliphatic rings. The lowest BCUT2D eigenvalue weighted by Crippen LogP contribution is -2.15. The van der Waals surface area contributed by atoms with E-state index < -0.39 is 27.2 Å². The third-order valence-corrected chi connectivity index (χ3v) is 3.87. The topological polar surface area (TPSA) is 71.1 Å². The summed E-state index contributed by atoms with van der Waals surface area (Å²) in [6.07, 6.45) is -0.898. The number of hydrogen-bond acceptors (Lipinski definition) is 6. The van der Waals surface area contributed by atoms with E-state index in [9.17, 15) is 9.13 Å². The average Bonchev–Trinajstić information content (AvgIpc) is 2.13. The van der Waals surface area contributed by atoms with Gasteiger partial charge in [-0.2, -0.15) is 0 Å². The van der Waals surface area contributed by atoms with Gasteiger partial charge in [0.1, 0.15) is 0 Å². The van der Waals surface area contributed by atoms with E-state index in [1.165, 1.54) is 13.8 Å². The van der Waals surface area contributed by atoms with Crippen molar-refractivity contribution in [2.45, 2.75) is 26.1 Å². The molecule has 17 heavy (non-hydrogen) atoms. The SMILES string of the molecule is COCC(C)OP(=O)(Cl)OCC(C)O[PH](C)=O. The van der Waals surface area contributed by atoms with Crippen molar-refractivity contribution in [3.8, 4) is 0 Å². The Balaban J connectivity index is 4.00. The summed E-state index contributed by atoms with van der Waals surface area (Å²) in [5, 5.41) is 0. The van der Waals surface area contributed by atoms with Crippen molar-refractivity contribution in [2.24, 2.45) is 0 Å². The molecule has 0 N–H and O–H groups in total. The van der Waals surface area contributed by atoms with Crippen molar-refractivity contribution < 1.29 is 27.4 Å². The van der Waals surface area contributed by atoms with Gasteiger partial charge in [0.2, 0.25) is 0 Å². The van der Waals surface area contributed by atoms with Crippen molar-refractivity contribution in [1.82, 2.24) is 0 Å². The van der Waals surface area contributed by atoms with E-state index >= 15 is 0 Å². The Labute approximate surface area is 107 Å². The van der Waals surface area contributed by atoms with E-state index in [4.69, 9.17) is 29.5 Å². The maximum atomic E-state index is 11.6. The van der Waals surface area contributed by atoms with Gasteiger partial charge < -0.3 is 9.26 Å². The highest BCUT2D eigenvalue weighted by Gasteiger charge is 2.25. The van der Waals surface area contributed by atoms with Crippen LogP contribution in [0.4, 0.5) is 0 Å². The summed E-state index contributed by atoms with van der Waals surface area (Å²) in [6, 6.07) is 0. The molecule has 4 atom stereocenters. The van der Waals surface area contributed by atoms with Crippen LogP contribution in [-0.4, -0.2) is 39.2 Å². The Hall–Kier alpha value is 0.590. The number of methoxy groups -OCH3 is 1. The highest BCUT2D eigenvalue weighted by Crippen LogP contribution is 2.54. The lowest BCUT2D eigenvalue weighted by Gasteiger charge is -2.18. The Morgan fingerprint density at radius 2 is 1.88 bits per heavy atom. The van der Waals surface area contributed by atoms with Gasteiger partial charge in [0.25, 0.3) is 0 Å². The fourth-order valence-electron chi connectivity index (χ4n) is 1.02. The second-order valence-corrected chi connectivity index (χ2v) is 7.31. The zero-order valence-electron chi connectivity index (χ0n) is 10.3. The molecule has 0 aliphatic carbocycles. The molecule has 0 aromatic rings. The smallest absolute Gasteiger partial charge is 0.382 e. The molecule has 0 fully saturated rings. The second-order valence-electron chi connectivity index (χ2n) is 3.52. The van der Waals surface area contributed by atoms with Crippen LogP contribution in [0.1, 0.15) is 13.8 Å². The van der Waals surface area contributed by atoms with E-state index in [2.05, 4.69) is 0 Å². The molecular weight excluding hydrogens is 289 g/mol. The summed E-state index contributed by atoms with van der Waals surface area (Å²) in [5.41, 5.74) is 0. The lowest BCUT2D eigenvalue weighted by atomic mass is 10.5. The van der Waals surface area contributed by atoms with Gasteiger partial charge in [0, 0.05) is 25.0 Å². The Morgan fingerprint density at radius 1 is 1.29 bits per heavy atom. The monoisotopic (exact) mass is 308 g/mol. The molecule has 104 valence electrons. The fourth-order valence-corrected chi connectivity index (χ4v) is 3.17. The zero-order valence-corrected chi connectivity index (χ0v) is 13.0. The summed E-state index contributed by atoms with van der Waals surface area (Å²) < 4.78 is 42.1. The van der Waals surface area contributed by atoms with Gasteiger partial charge in [-0.1, -0.05) is 0 Å². The molecule has 0 rings (SSSR count). The van der Waals surface area contributed by atoms with Crippen molar-refractivity contribution in [1.29, 1.82) is 0 Å². The third-order valence-electron chi connectivity index (χ3n) is 1.54. The Kier molecular flexibility index (Phi) is 8.95. The van der Waals surface area contributed by atoms with Gasteiger partial charge >= 0.3 is 6.95 Å². The maximum absolute atomic E-state index is 11.6. The molecule has 0 spiro atoms. The van der Waals surface area contributed by atoms with Gasteiger partial charge in [0.05, 0.1) is 25.4 Å². The lowest BCUT2D eigenvalue weighted by molar-refractivity contribution is 0.0713. The van der Waals surface area contributed by atoms with Gasteiger partial charge in [0.15, 0.2) is 8.03 Å². The summed E-state index contributed by atoms with van der Waals surface area (Å²) in [7, 11) is -0.560. The van der Waals surface area contributed by atoms with Crippen LogP contribution in [0.15, 0.2) is 0 Å². The minimum atomic E-state index is -3.65. The first-order valence-corrected chi connectivity index (χ1v) is 9.32. The fraction of sp³-hybridized carbons (Fsp3) is 1.00. The predicted octanol–water partition coefficient (Wildman–Crippen LogP) is 2.91. The highest BCUT2D eigenvalue weighted by molar-refractivity contribution is 7.81. The predicted molar refractivity (Wildman–Crippen MR) is 67.3 cm³/mol. The van der Waals surface area contributed by atoms with Gasteiger partial charge in [-0.15, -0.1) is 0 Å². The second kappa shape index (κ2) is 8.65. The van der Waals surface area contributed by atoms with Gasteiger partial charge in [-0.25, -0.2) is 4.57 Å². The van der Waals surface area contributed by atoms with Crippen LogP contribution in [0.25, 0.3) is 0 Å². The molecular formula is C8H19ClO6P2. The summed E-state index contributed by atoms with van der Waals surface area (Å²) in [5.74, 6) is 0. The Morgan fingerprint density at radius 3 is 2.35 bits per heavy atom. The minimum absolute atomic E-state index is 0.0509. The van der Waals surface area contributed by atoms with Crippen LogP contribution in [0, 0.1) is 0 Å². The number of hydrogen-bond donors (Lipinski definition) is 0. The molecule has 0 saturated heterocycles. The molecule has 0 bridgehead atoms. The van der Waals surface area contributed by atoms with Crippen molar-refractivity contribution in [3.63, 3.8) is 0 Å². The van der Waals surface area contributed by atoms with Crippen LogP contribution in [0.2, 0.25) is 0 Å². The number of ether oxygens (including phenoxy) is 1. The quantitative estimate of drug-likeness (QED) is 0.610. The van der Waals surface area contributed by atoms with E-state index in [0.717, 1.165) is 0 Å². The van der Waals surface area contributed by atoms with Gasteiger partial charge in [-0.3, -0.25) is 13.6 Å². The van der Waals surface area contributed by atoms with Crippen molar-refractivity contribution >= 4 is 26.2 Å². The largest absolute Gasteiger partial charge is 0.424 e. The van der Waals surface area contributed by atoms with E-state index in [1.54, 1.807) is 13.8 Å². The molecule has 0 amide bonds. The normalized spacial score (nSPS) is 20.5. The standard InChI is InChI=1S/C8H19ClO6P2/c1-7(14-16(4)10)6-13-17(9,11)15-8(2)5-12-3/h7-8,16H,5-6H2,1-4H3. The van der Waals surface area contributed by atoms with Crippen LogP contribution >= 0.6 is 26.2 Å². The van der Waals surface area contributed by atoms with Crippen molar-refractivity contribution in [3.05, 3.63) is 0 Å². The molecule has 0 aromatic heterocycles. The van der Waals surface area contributed by atoms with Gasteiger partial charge in [-0.05, 0) is 13.8 Å². The summed E-state index contributed by atoms with van der Waals surface area (Å²) in [6.45, 7) is 1.31. The molecule has 0 heterocycles. The van der Waals surface area contributed by atoms with Crippen LogP contribution in [0.5, 0.6) is 0 Å². The Bertz CT molecular complexity index is 287. The molecule has 0 saturated carbocycles. The first-order chi connectivity index (χ1) is 7.76. The third kappa shape index (κ3) is 10.2. The van der Waals surface area contributed by atoms with E-state index in [1.807, 2.05) is 0 Å². The summed E-state index contributed by atoms with van der Waals surface area (Å²) >= 11 is 5.58. The molecule has 4 unspecified atom stereocenters. The molecule has 0 aromatic carbocycles. The average molecular weight is 309 g/mol. The van der Waals surface area contributed by atoms with E-state index in [-0.39, 0.29) is 13.2 Å². The van der Waals surface area contributed by atoms with Crippen molar-refractivity contribution in [2.75, 3.05) is 27.0 Å². The van der Waals surface area contributed by atoms with Crippen LogP contribution < -0.4 is 0 Å². The van der Waals surface area contributed by atoms with Crippen LogP contribution in [0.3, 0.4) is 0 Å². The summed E-state index contributed by atoms with van der Waals surface area (Å²) in [4.78, 5) is 0. The minimum Gasteiger partial charge on any atom is -0.382 e.